The fourth-order valence-electron chi connectivity index (χ4n) is 3.25. The van der Waals surface area contributed by atoms with Gasteiger partial charge in [0, 0.05) is 25.4 Å². The molecule has 1 aromatic heterocycles. The lowest BCUT2D eigenvalue weighted by atomic mass is 9.97. The number of hydrogen-bond donors (Lipinski definition) is 1. The standard InChI is InChI=1S/C18H24N4O/c23-17(11-5-4-9-15-7-2-1-3-8-15)22-12-6-10-16(13-22)18-19-14-20-21-18/h1-3,7-8,14,16H,4-6,9-13H2,(H,19,20,21)/t16-/m0/s1. The third kappa shape index (κ3) is 4.41. The lowest BCUT2D eigenvalue weighted by molar-refractivity contribution is -0.132. The van der Waals surface area contributed by atoms with Crippen LogP contribution in [0.25, 0.3) is 0 Å². The number of amides is 1. The highest BCUT2D eigenvalue weighted by molar-refractivity contribution is 5.76. The van der Waals surface area contributed by atoms with Crippen molar-refractivity contribution >= 4 is 5.91 Å². The summed E-state index contributed by atoms with van der Waals surface area (Å²) in [5, 5.41) is 6.85. The number of nitrogens with zero attached hydrogens (tertiary/aromatic N) is 3. The maximum absolute atomic E-state index is 12.4. The van der Waals surface area contributed by atoms with E-state index in [1.54, 1.807) is 6.33 Å². The van der Waals surface area contributed by atoms with E-state index in [0.717, 1.165) is 51.0 Å². The number of aromatic nitrogens is 3. The van der Waals surface area contributed by atoms with E-state index in [0.29, 0.717) is 12.3 Å². The number of hydrogen-bond acceptors (Lipinski definition) is 3. The molecule has 1 atom stereocenters. The van der Waals surface area contributed by atoms with Crippen LogP contribution in [0.4, 0.5) is 0 Å². The van der Waals surface area contributed by atoms with Crippen molar-refractivity contribution in [3.05, 3.63) is 48.0 Å². The van der Waals surface area contributed by atoms with Gasteiger partial charge in [0.15, 0.2) is 0 Å². The Hall–Kier alpha value is -2.17. The number of likely N-dealkylation sites (tertiary alicyclic amines) is 1. The van der Waals surface area contributed by atoms with E-state index < -0.39 is 0 Å². The lowest BCUT2D eigenvalue weighted by Crippen LogP contribution is -2.39. The summed E-state index contributed by atoms with van der Waals surface area (Å²) in [5.41, 5.74) is 1.35. The molecule has 2 aromatic rings. The van der Waals surface area contributed by atoms with Gasteiger partial charge in [-0.3, -0.25) is 9.89 Å². The molecule has 5 nitrogen and oxygen atoms in total. The van der Waals surface area contributed by atoms with E-state index in [9.17, 15) is 4.79 Å². The number of benzene rings is 1. The van der Waals surface area contributed by atoms with E-state index in [1.165, 1.54) is 5.56 Å². The number of H-pyrrole nitrogens is 1. The number of aromatic amines is 1. The quantitative estimate of drug-likeness (QED) is 0.834. The molecule has 23 heavy (non-hydrogen) atoms. The first-order valence-electron chi connectivity index (χ1n) is 8.50. The Morgan fingerprint density at radius 2 is 2.13 bits per heavy atom. The monoisotopic (exact) mass is 312 g/mol. The second kappa shape index (κ2) is 7.90. The highest BCUT2D eigenvalue weighted by Gasteiger charge is 2.25. The molecular formula is C18H24N4O. The predicted molar refractivity (Wildman–Crippen MR) is 88.9 cm³/mol. The Kier molecular flexibility index (Phi) is 5.40. The van der Waals surface area contributed by atoms with Crippen LogP contribution in [-0.4, -0.2) is 39.1 Å². The van der Waals surface area contributed by atoms with Crippen LogP contribution >= 0.6 is 0 Å². The number of piperidine rings is 1. The summed E-state index contributed by atoms with van der Waals surface area (Å²) in [6, 6.07) is 10.5. The molecule has 1 N–H and O–H groups in total. The number of aryl methyl sites for hydroxylation is 1. The third-order valence-electron chi connectivity index (χ3n) is 4.54. The number of carbonyl (C=O) groups excluding carboxylic acids is 1. The Morgan fingerprint density at radius 1 is 1.26 bits per heavy atom. The zero-order valence-electron chi connectivity index (χ0n) is 13.4. The third-order valence-corrected chi connectivity index (χ3v) is 4.54. The molecule has 3 rings (SSSR count). The van der Waals surface area contributed by atoms with Gasteiger partial charge in [0.1, 0.15) is 12.2 Å². The second-order valence-corrected chi connectivity index (χ2v) is 6.24. The highest BCUT2D eigenvalue weighted by atomic mass is 16.2. The topological polar surface area (TPSA) is 61.9 Å². The van der Waals surface area contributed by atoms with Crippen molar-refractivity contribution in [2.24, 2.45) is 0 Å². The smallest absolute Gasteiger partial charge is 0.222 e. The van der Waals surface area contributed by atoms with Crippen LogP contribution < -0.4 is 0 Å². The largest absolute Gasteiger partial charge is 0.342 e. The van der Waals surface area contributed by atoms with Gasteiger partial charge in [-0.2, -0.15) is 5.10 Å². The maximum Gasteiger partial charge on any atom is 0.222 e. The zero-order valence-corrected chi connectivity index (χ0v) is 13.4. The fraction of sp³-hybridized carbons (Fsp3) is 0.500. The summed E-state index contributed by atoms with van der Waals surface area (Å²) in [6.45, 7) is 1.65. The molecule has 1 amide bonds. The number of nitrogens with one attached hydrogen (secondary N) is 1. The molecule has 0 bridgehead atoms. The maximum atomic E-state index is 12.4. The molecule has 0 unspecified atom stereocenters. The molecule has 0 saturated carbocycles. The molecule has 122 valence electrons. The highest BCUT2D eigenvalue weighted by Crippen LogP contribution is 2.24. The van der Waals surface area contributed by atoms with Crippen molar-refractivity contribution in [2.75, 3.05) is 13.1 Å². The summed E-state index contributed by atoms with van der Waals surface area (Å²) in [5.74, 6) is 1.49. The van der Waals surface area contributed by atoms with E-state index >= 15 is 0 Å². The van der Waals surface area contributed by atoms with Crippen molar-refractivity contribution in [3.63, 3.8) is 0 Å². The summed E-state index contributed by atoms with van der Waals surface area (Å²) in [6.07, 6.45) is 7.38. The normalized spacial score (nSPS) is 18.1. The Morgan fingerprint density at radius 3 is 2.91 bits per heavy atom. The minimum absolute atomic E-state index is 0.280. The van der Waals surface area contributed by atoms with Gasteiger partial charge in [-0.1, -0.05) is 30.3 Å². The van der Waals surface area contributed by atoms with E-state index in [2.05, 4.69) is 39.4 Å². The van der Waals surface area contributed by atoms with Gasteiger partial charge < -0.3 is 4.90 Å². The van der Waals surface area contributed by atoms with E-state index in [-0.39, 0.29) is 5.91 Å². The Labute approximate surface area is 137 Å². The van der Waals surface area contributed by atoms with Crippen LogP contribution in [0.5, 0.6) is 0 Å². The van der Waals surface area contributed by atoms with Crippen molar-refractivity contribution in [2.45, 2.75) is 44.4 Å². The first-order chi connectivity index (χ1) is 11.3. The molecule has 2 heterocycles. The molecule has 5 heteroatoms. The summed E-state index contributed by atoms with van der Waals surface area (Å²) < 4.78 is 0. The molecule has 1 fully saturated rings. The van der Waals surface area contributed by atoms with Crippen LogP contribution in [-0.2, 0) is 11.2 Å². The molecule has 1 aromatic carbocycles. The average molecular weight is 312 g/mol. The Bertz CT molecular complexity index is 597. The Balaban J connectivity index is 1.41. The van der Waals surface area contributed by atoms with Crippen LogP contribution in [0.3, 0.4) is 0 Å². The molecule has 0 spiro atoms. The molecule has 0 radical (unpaired) electrons. The van der Waals surface area contributed by atoms with Gasteiger partial charge in [-0.05, 0) is 37.7 Å². The van der Waals surface area contributed by atoms with Crippen molar-refractivity contribution in [1.29, 1.82) is 0 Å². The molecular weight excluding hydrogens is 288 g/mol. The van der Waals surface area contributed by atoms with Crippen molar-refractivity contribution < 1.29 is 4.79 Å². The molecule has 0 aliphatic carbocycles. The van der Waals surface area contributed by atoms with Gasteiger partial charge in [-0.25, -0.2) is 4.98 Å². The van der Waals surface area contributed by atoms with Gasteiger partial charge in [0.05, 0.1) is 0 Å². The van der Waals surface area contributed by atoms with Gasteiger partial charge in [-0.15, -0.1) is 0 Å². The van der Waals surface area contributed by atoms with Gasteiger partial charge >= 0.3 is 0 Å². The summed E-state index contributed by atoms with van der Waals surface area (Å²) in [7, 11) is 0. The second-order valence-electron chi connectivity index (χ2n) is 6.24. The van der Waals surface area contributed by atoms with Gasteiger partial charge in [0.25, 0.3) is 0 Å². The summed E-state index contributed by atoms with van der Waals surface area (Å²) >= 11 is 0. The number of unbranched alkanes of at least 4 members (excludes halogenated alkanes) is 1. The van der Waals surface area contributed by atoms with Crippen LogP contribution in [0, 0.1) is 0 Å². The van der Waals surface area contributed by atoms with E-state index in [4.69, 9.17) is 0 Å². The van der Waals surface area contributed by atoms with Crippen molar-refractivity contribution in [1.82, 2.24) is 20.1 Å². The number of carbonyl (C=O) groups is 1. The van der Waals surface area contributed by atoms with E-state index in [1.807, 2.05) is 11.0 Å². The van der Waals surface area contributed by atoms with Crippen LogP contribution in [0.1, 0.15) is 49.4 Å². The molecule has 1 saturated heterocycles. The fourth-order valence-corrected chi connectivity index (χ4v) is 3.25. The van der Waals surface area contributed by atoms with Crippen LogP contribution in [0.15, 0.2) is 36.7 Å². The number of rotatable bonds is 6. The van der Waals surface area contributed by atoms with Crippen molar-refractivity contribution in [3.8, 4) is 0 Å². The summed E-state index contributed by atoms with van der Waals surface area (Å²) in [4.78, 5) is 18.6. The SMILES string of the molecule is O=C(CCCCc1ccccc1)N1CCC[C@H](c2ncn[nH]2)C1. The first kappa shape index (κ1) is 15.7. The predicted octanol–water partition coefficient (Wildman–Crippen LogP) is 2.92. The average Bonchev–Trinajstić information content (AvgIpc) is 3.14. The van der Waals surface area contributed by atoms with Gasteiger partial charge in [0.2, 0.25) is 5.91 Å². The minimum Gasteiger partial charge on any atom is -0.342 e. The van der Waals surface area contributed by atoms with Crippen LogP contribution in [0.2, 0.25) is 0 Å². The minimum atomic E-state index is 0.280. The lowest BCUT2D eigenvalue weighted by Gasteiger charge is -2.31. The first-order valence-corrected chi connectivity index (χ1v) is 8.50. The molecule has 1 aliphatic heterocycles. The molecule has 1 aliphatic rings. The zero-order chi connectivity index (χ0) is 15.9.